The van der Waals surface area contributed by atoms with E-state index in [1.807, 2.05) is 6.92 Å². The van der Waals surface area contributed by atoms with E-state index in [-0.39, 0.29) is 23.3 Å². The molecule has 1 heterocycles. The van der Waals surface area contributed by atoms with Gasteiger partial charge in [-0.1, -0.05) is 6.92 Å². The van der Waals surface area contributed by atoms with Gasteiger partial charge >= 0.3 is 5.97 Å². The third-order valence-corrected chi connectivity index (χ3v) is 8.35. The highest BCUT2D eigenvalue weighted by atomic mass is 19.3. The van der Waals surface area contributed by atoms with Crippen LogP contribution in [0.1, 0.15) is 86.6 Å². The number of likely N-dealkylation sites (tertiary alicyclic amines) is 1. The molecule has 4 fully saturated rings. The lowest BCUT2D eigenvalue weighted by molar-refractivity contribution is -0.141. The summed E-state index contributed by atoms with van der Waals surface area (Å²) >= 11 is 0. The molecule has 0 aromatic heterocycles. The number of amides is 1. The van der Waals surface area contributed by atoms with Gasteiger partial charge < -0.3 is 14.7 Å². The average molecular weight is 466 g/mol. The number of carbonyl (C=O) groups is 2. The minimum Gasteiger partial charge on any atom is -0.493 e. The van der Waals surface area contributed by atoms with Gasteiger partial charge in [-0.15, -0.1) is 0 Å². The highest BCUT2D eigenvalue weighted by Gasteiger charge is 2.71. The second-order valence-corrected chi connectivity index (χ2v) is 10.9. The molecule has 3 saturated carbocycles. The fraction of sp³-hybridized carbons (Fsp3) is 0.680. The van der Waals surface area contributed by atoms with E-state index >= 15 is 4.39 Å². The van der Waals surface area contributed by atoms with Gasteiger partial charge in [-0.2, -0.15) is 0 Å². The number of hydrogen-bond donors (Lipinski definition) is 1. The number of aliphatic carboxylic acids is 1. The number of benzene rings is 1. The summed E-state index contributed by atoms with van der Waals surface area (Å²) in [6.07, 6.45) is 5.03. The quantitative estimate of drug-likeness (QED) is 0.613. The highest BCUT2D eigenvalue weighted by Crippen LogP contribution is 2.69. The van der Waals surface area contributed by atoms with Crippen molar-refractivity contribution in [3.8, 4) is 5.75 Å². The number of ether oxygens (including phenoxy) is 1. The Morgan fingerprint density at radius 3 is 2.39 bits per heavy atom. The molecule has 0 unspecified atom stereocenters. The van der Waals surface area contributed by atoms with Crippen LogP contribution in [0, 0.1) is 16.6 Å². The van der Waals surface area contributed by atoms with E-state index in [4.69, 9.17) is 4.74 Å². The second kappa shape index (κ2) is 7.64. The fourth-order valence-corrected chi connectivity index (χ4v) is 5.65. The number of carboxylic acids is 1. The summed E-state index contributed by atoms with van der Waals surface area (Å²) in [5.74, 6) is -4.33. The average Bonchev–Trinajstić information content (AvgIpc) is 3.62. The Kier molecular flexibility index (Phi) is 5.21. The van der Waals surface area contributed by atoms with Crippen LogP contribution in [-0.2, 0) is 4.79 Å². The zero-order chi connectivity index (χ0) is 23.6. The molecular weight excluding hydrogens is 435 g/mol. The maximum Gasteiger partial charge on any atom is 0.326 e. The summed E-state index contributed by atoms with van der Waals surface area (Å²) in [4.78, 5) is 25.7. The third-order valence-electron chi connectivity index (χ3n) is 8.35. The van der Waals surface area contributed by atoms with Crippen molar-refractivity contribution in [1.82, 2.24) is 4.90 Å². The van der Waals surface area contributed by atoms with Crippen LogP contribution in [0.2, 0.25) is 0 Å². The van der Waals surface area contributed by atoms with Crippen molar-refractivity contribution < 1.29 is 32.6 Å². The van der Waals surface area contributed by atoms with Gasteiger partial charge in [0.15, 0.2) is 0 Å². The number of halogens is 3. The third kappa shape index (κ3) is 3.99. The Morgan fingerprint density at radius 2 is 1.82 bits per heavy atom. The van der Waals surface area contributed by atoms with E-state index in [1.54, 1.807) is 0 Å². The molecule has 1 atom stereocenters. The van der Waals surface area contributed by atoms with Gasteiger partial charge in [0, 0.05) is 29.9 Å². The van der Waals surface area contributed by atoms with E-state index in [2.05, 4.69) is 0 Å². The molecule has 4 aliphatic rings. The first-order chi connectivity index (χ1) is 15.5. The van der Waals surface area contributed by atoms with Crippen molar-refractivity contribution in [3.05, 3.63) is 29.1 Å². The molecule has 1 amide bonds. The van der Waals surface area contributed by atoms with Gasteiger partial charge in [-0.05, 0) is 68.9 Å². The first-order valence-electron chi connectivity index (χ1n) is 11.9. The van der Waals surface area contributed by atoms with E-state index in [1.165, 1.54) is 17.0 Å². The van der Waals surface area contributed by atoms with Crippen LogP contribution in [0.5, 0.6) is 5.75 Å². The first-order valence-corrected chi connectivity index (χ1v) is 11.9. The molecule has 1 aliphatic heterocycles. The van der Waals surface area contributed by atoms with Crippen LogP contribution in [0.3, 0.4) is 0 Å². The molecule has 180 valence electrons. The Labute approximate surface area is 191 Å². The summed E-state index contributed by atoms with van der Waals surface area (Å²) in [6.45, 7) is 2.64. The minimum atomic E-state index is -2.53. The molecule has 1 N–H and O–H groups in total. The zero-order valence-electron chi connectivity index (χ0n) is 18.8. The standard InChI is InChI=1S/C25H30F3NO4/c1-23(6-8-24(9-7-23)13-25(24,27)28)14-33-20-12-18(26)17(11-16(20)15-4-5-15)21(30)29-10-2-3-19(29)22(31)32/h11-12,15,19H,2-10,13-14H2,1H3,(H,31,32)/t19-,23?,24?/m0/s1. The SMILES string of the molecule is CC1(COc2cc(F)c(C(=O)N3CCC[C@H]3C(=O)O)cc2C2CC2)CCC2(CC1)CC2(F)F. The van der Waals surface area contributed by atoms with Gasteiger partial charge in [-0.3, -0.25) is 4.79 Å². The number of carbonyl (C=O) groups excluding carboxylic acids is 1. The number of carboxylic acid groups (broad SMARTS) is 1. The van der Waals surface area contributed by atoms with E-state index in [0.29, 0.717) is 57.4 Å². The predicted molar refractivity (Wildman–Crippen MR) is 114 cm³/mol. The normalized spacial score (nSPS) is 32.7. The largest absolute Gasteiger partial charge is 0.493 e. The lowest BCUT2D eigenvalue weighted by Crippen LogP contribution is -2.40. The molecule has 1 saturated heterocycles. The van der Waals surface area contributed by atoms with Gasteiger partial charge in [-0.25, -0.2) is 18.0 Å². The maximum absolute atomic E-state index is 15.0. The van der Waals surface area contributed by atoms with E-state index in [9.17, 15) is 23.5 Å². The number of alkyl halides is 2. The lowest BCUT2D eigenvalue weighted by atomic mass is 9.70. The molecule has 1 spiro atoms. The summed E-state index contributed by atoms with van der Waals surface area (Å²) in [5, 5.41) is 9.38. The van der Waals surface area contributed by atoms with Crippen molar-refractivity contribution in [2.75, 3.05) is 13.2 Å². The van der Waals surface area contributed by atoms with Crippen LogP contribution in [-0.4, -0.2) is 47.0 Å². The van der Waals surface area contributed by atoms with Crippen molar-refractivity contribution in [2.24, 2.45) is 10.8 Å². The summed E-state index contributed by atoms with van der Waals surface area (Å²) in [5.41, 5.74) is -0.405. The van der Waals surface area contributed by atoms with Crippen molar-refractivity contribution in [1.29, 1.82) is 0 Å². The second-order valence-electron chi connectivity index (χ2n) is 10.9. The first kappa shape index (κ1) is 22.5. The molecule has 1 aromatic carbocycles. The number of hydrogen-bond acceptors (Lipinski definition) is 3. The summed E-state index contributed by atoms with van der Waals surface area (Å²) in [7, 11) is 0. The smallest absolute Gasteiger partial charge is 0.326 e. The van der Waals surface area contributed by atoms with Crippen LogP contribution in [0.25, 0.3) is 0 Å². The van der Waals surface area contributed by atoms with Gasteiger partial charge in [0.25, 0.3) is 11.8 Å². The van der Waals surface area contributed by atoms with Crippen LogP contribution >= 0.6 is 0 Å². The highest BCUT2D eigenvalue weighted by molar-refractivity contribution is 5.97. The Hall–Kier alpha value is -2.25. The zero-order valence-corrected chi connectivity index (χ0v) is 18.8. The molecule has 0 bridgehead atoms. The molecule has 5 nitrogen and oxygen atoms in total. The Bertz CT molecular complexity index is 982. The van der Waals surface area contributed by atoms with E-state index < -0.39 is 35.1 Å². The topological polar surface area (TPSA) is 66.8 Å². The summed E-state index contributed by atoms with van der Waals surface area (Å²) in [6, 6.07) is 1.85. The van der Waals surface area contributed by atoms with Crippen molar-refractivity contribution >= 4 is 11.9 Å². The van der Waals surface area contributed by atoms with Crippen LogP contribution in [0.15, 0.2) is 12.1 Å². The monoisotopic (exact) mass is 465 g/mol. The van der Waals surface area contributed by atoms with E-state index in [0.717, 1.165) is 18.4 Å². The molecule has 8 heteroatoms. The maximum atomic E-state index is 15.0. The van der Waals surface area contributed by atoms with Crippen LogP contribution < -0.4 is 4.74 Å². The Morgan fingerprint density at radius 1 is 1.15 bits per heavy atom. The molecule has 3 aliphatic carbocycles. The minimum absolute atomic E-state index is 0.0107. The van der Waals surface area contributed by atoms with Gasteiger partial charge in [0.1, 0.15) is 17.6 Å². The van der Waals surface area contributed by atoms with Gasteiger partial charge in [0.05, 0.1) is 12.2 Å². The molecule has 33 heavy (non-hydrogen) atoms. The van der Waals surface area contributed by atoms with Gasteiger partial charge in [0.2, 0.25) is 0 Å². The summed E-state index contributed by atoms with van der Waals surface area (Å²) < 4.78 is 48.6. The predicted octanol–water partition coefficient (Wildman–Crippen LogP) is 5.38. The lowest BCUT2D eigenvalue weighted by Gasteiger charge is -2.37. The molecule has 0 radical (unpaired) electrons. The molecular formula is C25H30F3NO4. The molecule has 5 rings (SSSR count). The fourth-order valence-electron chi connectivity index (χ4n) is 5.65. The number of nitrogens with zero attached hydrogens (tertiary/aromatic N) is 1. The number of rotatable bonds is 6. The Balaban J connectivity index is 1.31. The van der Waals surface area contributed by atoms with Crippen molar-refractivity contribution in [2.45, 2.75) is 82.6 Å². The van der Waals surface area contributed by atoms with Crippen molar-refractivity contribution in [3.63, 3.8) is 0 Å². The molecule has 1 aromatic rings. The van der Waals surface area contributed by atoms with Crippen LogP contribution in [0.4, 0.5) is 13.2 Å².